The van der Waals surface area contributed by atoms with Gasteiger partial charge in [0.1, 0.15) is 0 Å². The first-order chi connectivity index (χ1) is 13.8. The van der Waals surface area contributed by atoms with Crippen LogP contribution in [0.15, 0.2) is 66.7 Å². The van der Waals surface area contributed by atoms with E-state index in [-0.39, 0.29) is 10.6 Å². The number of hydrogen-bond donors (Lipinski definition) is 1. The largest absolute Gasteiger partial charge is 0.444 e. The molecule has 3 rings (SSSR count). The third-order valence-electron chi connectivity index (χ3n) is 3.85. The average molecular weight is 469 g/mol. The highest BCUT2D eigenvalue weighted by molar-refractivity contribution is 6.42. The van der Waals surface area contributed by atoms with E-state index in [4.69, 9.17) is 51.1 Å². The summed E-state index contributed by atoms with van der Waals surface area (Å²) in [4.78, 5) is 25.5. The molecule has 8 heteroatoms. The van der Waals surface area contributed by atoms with Crippen LogP contribution >= 0.6 is 46.4 Å². The molecule has 0 heterocycles. The smallest absolute Gasteiger partial charge is 0.339 e. The number of amides is 1. The number of benzene rings is 3. The van der Waals surface area contributed by atoms with E-state index in [1.165, 1.54) is 36.4 Å². The van der Waals surface area contributed by atoms with Gasteiger partial charge in [0.05, 0.1) is 15.6 Å². The van der Waals surface area contributed by atoms with Gasteiger partial charge in [-0.05, 0) is 36.4 Å². The maximum absolute atomic E-state index is 12.9. The molecule has 0 saturated carbocycles. The minimum atomic E-state index is -1.21. The minimum absolute atomic E-state index is 0.166. The van der Waals surface area contributed by atoms with Crippen LogP contribution in [0.4, 0.5) is 5.69 Å². The Bertz CT molecular complexity index is 1040. The molecule has 0 bridgehead atoms. The van der Waals surface area contributed by atoms with Gasteiger partial charge >= 0.3 is 5.97 Å². The molecule has 1 N–H and O–H groups in total. The van der Waals surface area contributed by atoms with Crippen molar-refractivity contribution in [2.75, 3.05) is 5.32 Å². The van der Waals surface area contributed by atoms with Gasteiger partial charge in [0.2, 0.25) is 6.10 Å². The predicted molar refractivity (Wildman–Crippen MR) is 116 cm³/mol. The standard InChI is InChI=1S/C21H13Cl4NO3/c22-14-9-15(23)11-16(10-14)26-20(27)19(12-4-2-1-3-5-12)29-21(28)13-6-7-17(24)18(25)8-13/h1-11,19H,(H,26,27)/t19-/m1/s1. The predicted octanol–water partition coefficient (Wildman–Crippen LogP) is 6.84. The molecule has 1 amide bonds. The molecular formula is C21H13Cl4NO3. The lowest BCUT2D eigenvalue weighted by atomic mass is 10.1. The van der Waals surface area contributed by atoms with Crippen LogP contribution < -0.4 is 5.32 Å². The van der Waals surface area contributed by atoms with Gasteiger partial charge in [0, 0.05) is 21.3 Å². The van der Waals surface area contributed by atoms with Crippen molar-refractivity contribution in [3.05, 3.63) is 97.9 Å². The van der Waals surface area contributed by atoms with Crippen LogP contribution in [-0.2, 0) is 9.53 Å². The van der Waals surface area contributed by atoms with Gasteiger partial charge in [-0.3, -0.25) is 4.79 Å². The number of esters is 1. The van der Waals surface area contributed by atoms with Crippen molar-refractivity contribution in [1.82, 2.24) is 0 Å². The molecule has 0 unspecified atom stereocenters. The summed E-state index contributed by atoms with van der Waals surface area (Å²) in [5.41, 5.74) is 1.03. The van der Waals surface area contributed by atoms with Crippen molar-refractivity contribution in [1.29, 1.82) is 0 Å². The number of halogens is 4. The first-order valence-electron chi connectivity index (χ1n) is 8.31. The second-order valence-corrected chi connectivity index (χ2v) is 7.66. The molecule has 1 atom stereocenters. The quantitative estimate of drug-likeness (QED) is 0.417. The number of ether oxygens (including phenoxy) is 1. The van der Waals surface area contributed by atoms with Gasteiger partial charge in [-0.1, -0.05) is 76.7 Å². The molecule has 0 aliphatic heterocycles. The zero-order chi connectivity index (χ0) is 21.0. The van der Waals surface area contributed by atoms with Crippen LogP contribution in [0.25, 0.3) is 0 Å². The Labute approximate surface area is 187 Å². The van der Waals surface area contributed by atoms with Crippen LogP contribution in [0.3, 0.4) is 0 Å². The van der Waals surface area contributed by atoms with Crippen LogP contribution in [-0.4, -0.2) is 11.9 Å². The third-order valence-corrected chi connectivity index (χ3v) is 5.03. The number of hydrogen-bond acceptors (Lipinski definition) is 3. The minimum Gasteiger partial charge on any atom is -0.444 e. The summed E-state index contributed by atoms with van der Waals surface area (Å²) in [6.07, 6.45) is -1.21. The first-order valence-corrected chi connectivity index (χ1v) is 9.82. The van der Waals surface area contributed by atoms with E-state index in [1.807, 2.05) is 0 Å². The molecule has 0 aliphatic rings. The lowest BCUT2D eigenvalue weighted by Gasteiger charge is -2.18. The fraction of sp³-hybridized carbons (Fsp3) is 0.0476. The second kappa shape index (κ2) is 9.51. The topological polar surface area (TPSA) is 55.4 Å². The molecule has 3 aromatic rings. The van der Waals surface area contributed by atoms with E-state index in [0.29, 0.717) is 26.3 Å². The van der Waals surface area contributed by atoms with Gasteiger partial charge in [-0.25, -0.2) is 4.79 Å². The molecule has 148 valence electrons. The zero-order valence-electron chi connectivity index (χ0n) is 14.7. The van der Waals surface area contributed by atoms with Crippen molar-refractivity contribution < 1.29 is 14.3 Å². The Kier molecular flexibility index (Phi) is 7.04. The van der Waals surface area contributed by atoms with Crippen molar-refractivity contribution in [3.63, 3.8) is 0 Å². The SMILES string of the molecule is O=C(O[C@@H](C(=O)Nc1cc(Cl)cc(Cl)c1)c1ccccc1)c1ccc(Cl)c(Cl)c1. The van der Waals surface area contributed by atoms with E-state index >= 15 is 0 Å². The summed E-state index contributed by atoms with van der Waals surface area (Å²) in [6, 6.07) is 17.5. The summed E-state index contributed by atoms with van der Waals surface area (Å²) in [6.45, 7) is 0. The van der Waals surface area contributed by atoms with Crippen molar-refractivity contribution in [3.8, 4) is 0 Å². The molecule has 3 aromatic carbocycles. The second-order valence-electron chi connectivity index (χ2n) is 5.97. The summed E-state index contributed by atoms with van der Waals surface area (Å²) < 4.78 is 5.49. The normalized spacial score (nSPS) is 11.6. The zero-order valence-corrected chi connectivity index (χ0v) is 17.7. The summed E-state index contributed by atoms with van der Waals surface area (Å²) in [5, 5.41) is 3.89. The lowest BCUT2D eigenvalue weighted by Crippen LogP contribution is -2.26. The highest BCUT2D eigenvalue weighted by Crippen LogP contribution is 2.27. The monoisotopic (exact) mass is 467 g/mol. The van der Waals surface area contributed by atoms with E-state index in [1.54, 1.807) is 30.3 Å². The van der Waals surface area contributed by atoms with Crippen LogP contribution in [0.1, 0.15) is 22.0 Å². The van der Waals surface area contributed by atoms with Gasteiger partial charge in [-0.2, -0.15) is 0 Å². The Morgan fingerprint density at radius 1 is 0.793 bits per heavy atom. The molecule has 0 aromatic heterocycles. The fourth-order valence-electron chi connectivity index (χ4n) is 2.53. The first kappa shape index (κ1) is 21.5. The Hall–Kier alpha value is -2.24. The van der Waals surface area contributed by atoms with Gasteiger partial charge in [0.15, 0.2) is 0 Å². The number of carbonyl (C=O) groups excluding carboxylic acids is 2. The highest BCUT2D eigenvalue weighted by atomic mass is 35.5. The fourth-order valence-corrected chi connectivity index (χ4v) is 3.36. The van der Waals surface area contributed by atoms with Gasteiger partial charge in [-0.15, -0.1) is 0 Å². The Morgan fingerprint density at radius 3 is 2.07 bits per heavy atom. The summed E-state index contributed by atoms with van der Waals surface area (Å²) in [5.74, 6) is -1.29. The highest BCUT2D eigenvalue weighted by Gasteiger charge is 2.26. The summed E-state index contributed by atoms with van der Waals surface area (Å²) in [7, 11) is 0. The maximum Gasteiger partial charge on any atom is 0.339 e. The van der Waals surface area contributed by atoms with Crippen LogP contribution in [0, 0.1) is 0 Å². The molecule has 0 spiro atoms. The van der Waals surface area contributed by atoms with E-state index < -0.39 is 18.0 Å². The van der Waals surface area contributed by atoms with Crippen LogP contribution in [0.5, 0.6) is 0 Å². The van der Waals surface area contributed by atoms with Gasteiger partial charge in [0.25, 0.3) is 5.91 Å². The average Bonchev–Trinajstić information content (AvgIpc) is 2.67. The number of carbonyl (C=O) groups is 2. The molecule has 29 heavy (non-hydrogen) atoms. The van der Waals surface area contributed by atoms with E-state index in [0.717, 1.165) is 0 Å². The molecule has 0 fully saturated rings. The van der Waals surface area contributed by atoms with Crippen molar-refractivity contribution >= 4 is 64.0 Å². The summed E-state index contributed by atoms with van der Waals surface area (Å²) >= 11 is 23.8. The lowest BCUT2D eigenvalue weighted by molar-refractivity contribution is -0.125. The van der Waals surface area contributed by atoms with E-state index in [9.17, 15) is 9.59 Å². The van der Waals surface area contributed by atoms with E-state index in [2.05, 4.69) is 5.32 Å². The van der Waals surface area contributed by atoms with Crippen molar-refractivity contribution in [2.45, 2.75) is 6.10 Å². The van der Waals surface area contributed by atoms with Gasteiger partial charge < -0.3 is 10.1 Å². The molecule has 0 radical (unpaired) electrons. The molecule has 4 nitrogen and oxygen atoms in total. The molecule has 0 saturated heterocycles. The number of rotatable bonds is 5. The van der Waals surface area contributed by atoms with Crippen molar-refractivity contribution in [2.24, 2.45) is 0 Å². The number of anilines is 1. The Morgan fingerprint density at radius 2 is 1.45 bits per heavy atom. The molecule has 0 aliphatic carbocycles. The number of nitrogens with one attached hydrogen (secondary N) is 1. The Balaban J connectivity index is 1.87. The van der Waals surface area contributed by atoms with Crippen LogP contribution in [0.2, 0.25) is 20.1 Å². The third kappa shape index (κ3) is 5.64. The molecular weight excluding hydrogens is 456 g/mol. The maximum atomic E-state index is 12.9.